The zero-order valence-electron chi connectivity index (χ0n) is 13.3. The van der Waals surface area contributed by atoms with Crippen LogP contribution in [0, 0.1) is 17.6 Å². The van der Waals surface area contributed by atoms with Gasteiger partial charge in [0, 0.05) is 37.7 Å². The minimum Gasteiger partial charge on any atom is -0.347 e. The third kappa shape index (κ3) is 4.74. The van der Waals surface area contributed by atoms with E-state index in [0.29, 0.717) is 25.9 Å². The molecule has 130 valence electrons. The van der Waals surface area contributed by atoms with Crippen molar-refractivity contribution in [2.24, 2.45) is 5.92 Å². The molecular weight excluding hydrogens is 320 g/mol. The molecule has 0 aliphatic carbocycles. The fourth-order valence-electron chi connectivity index (χ4n) is 2.55. The number of hydrogen-bond donors (Lipinski definition) is 2. The monoisotopic (exact) mass is 339 g/mol. The summed E-state index contributed by atoms with van der Waals surface area (Å²) >= 11 is 0. The van der Waals surface area contributed by atoms with Crippen LogP contribution in [0.1, 0.15) is 19.8 Å². The highest BCUT2D eigenvalue weighted by molar-refractivity contribution is 5.94. The summed E-state index contributed by atoms with van der Waals surface area (Å²) in [7, 11) is 0. The predicted molar refractivity (Wildman–Crippen MR) is 83.0 cm³/mol. The van der Waals surface area contributed by atoms with Gasteiger partial charge in [0.05, 0.1) is 6.54 Å². The Morgan fingerprint density at radius 3 is 2.42 bits per heavy atom. The van der Waals surface area contributed by atoms with Crippen LogP contribution in [0.15, 0.2) is 18.2 Å². The van der Waals surface area contributed by atoms with E-state index in [0.717, 1.165) is 12.1 Å². The fourth-order valence-corrected chi connectivity index (χ4v) is 2.55. The van der Waals surface area contributed by atoms with Crippen LogP contribution in [0.2, 0.25) is 0 Å². The molecule has 0 spiro atoms. The quantitative estimate of drug-likeness (QED) is 0.867. The summed E-state index contributed by atoms with van der Waals surface area (Å²) in [5.74, 6) is -3.10. The van der Waals surface area contributed by atoms with Gasteiger partial charge in [-0.15, -0.1) is 0 Å². The van der Waals surface area contributed by atoms with Crippen molar-refractivity contribution in [1.82, 2.24) is 10.2 Å². The normalized spacial score (nSPS) is 15.0. The SMILES string of the molecule is CC(=O)N1CCC(C(=O)NCC(=O)Nc2ccc(F)c(F)c2)CC1. The van der Waals surface area contributed by atoms with Crippen molar-refractivity contribution in [1.29, 1.82) is 0 Å². The van der Waals surface area contributed by atoms with Gasteiger partial charge in [-0.25, -0.2) is 8.78 Å². The summed E-state index contributed by atoms with van der Waals surface area (Å²) in [6.45, 7) is 2.27. The van der Waals surface area contributed by atoms with Crippen LogP contribution in [0.4, 0.5) is 14.5 Å². The maximum absolute atomic E-state index is 13.1. The molecule has 0 unspecified atom stereocenters. The third-order valence-corrected chi connectivity index (χ3v) is 3.94. The number of hydrogen-bond acceptors (Lipinski definition) is 3. The van der Waals surface area contributed by atoms with Crippen molar-refractivity contribution in [3.8, 4) is 0 Å². The van der Waals surface area contributed by atoms with E-state index in [1.807, 2.05) is 0 Å². The minimum absolute atomic E-state index is 0.0141. The lowest BCUT2D eigenvalue weighted by atomic mass is 9.96. The molecule has 3 amide bonds. The topological polar surface area (TPSA) is 78.5 Å². The molecular formula is C16H19F2N3O3. The fraction of sp³-hybridized carbons (Fsp3) is 0.438. The predicted octanol–water partition coefficient (Wildman–Crippen LogP) is 1.28. The first-order chi connectivity index (χ1) is 11.4. The van der Waals surface area contributed by atoms with Gasteiger partial charge >= 0.3 is 0 Å². The molecule has 1 aromatic rings. The first-order valence-electron chi connectivity index (χ1n) is 7.65. The highest BCUT2D eigenvalue weighted by atomic mass is 19.2. The second kappa shape index (κ2) is 7.85. The van der Waals surface area contributed by atoms with Crippen LogP contribution in [-0.4, -0.2) is 42.3 Å². The third-order valence-electron chi connectivity index (χ3n) is 3.94. The Morgan fingerprint density at radius 2 is 1.83 bits per heavy atom. The molecule has 2 N–H and O–H groups in total. The van der Waals surface area contributed by atoms with Crippen molar-refractivity contribution in [3.05, 3.63) is 29.8 Å². The number of carbonyl (C=O) groups is 3. The Labute approximate surface area is 138 Å². The average Bonchev–Trinajstić information content (AvgIpc) is 2.56. The number of amides is 3. The van der Waals surface area contributed by atoms with Crippen molar-refractivity contribution >= 4 is 23.4 Å². The molecule has 1 aliphatic rings. The molecule has 24 heavy (non-hydrogen) atoms. The molecule has 2 rings (SSSR count). The van der Waals surface area contributed by atoms with Crippen molar-refractivity contribution in [2.45, 2.75) is 19.8 Å². The summed E-state index contributed by atoms with van der Waals surface area (Å²) in [4.78, 5) is 36.7. The van der Waals surface area contributed by atoms with Crippen LogP contribution in [0.3, 0.4) is 0 Å². The van der Waals surface area contributed by atoms with Gasteiger partial charge in [-0.1, -0.05) is 0 Å². The molecule has 0 bridgehead atoms. The van der Waals surface area contributed by atoms with Crippen LogP contribution >= 0.6 is 0 Å². The van der Waals surface area contributed by atoms with E-state index in [4.69, 9.17) is 0 Å². The average molecular weight is 339 g/mol. The largest absolute Gasteiger partial charge is 0.347 e. The number of nitrogens with zero attached hydrogens (tertiary/aromatic N) is 1. The number of carbonyl (C=O) groups excluding carboxylic acids is 3. The van der Waals surface area contributed by atoms with E-state index in [1.54, 1.807) is 4.90 Å². The Kier molecular flexibility index (Phi) is 5.83. The van der Waals surface area contributed by atoms with Gasteiger partial charge in [-0.05, 0) is 25.0 Å². The number of rotatable bonds is 4. The summed E-state index contributed by atoms with van der Waals surface area (Å²) in [6.07, 6.45) is 1.10. The molecule has 0 radical (unpaired) electrons. The Morgan fingerprint density at radius 1 is 1.17 bits per heavy atom. The minimum atomic E-state index is -1.06. The van der Waals surface area contributed by atoms with E-state index >= 15 is 0 Å². The van der Waals surface area contributed by atoms with Crippen molar-refractivity contribution < 1.29 is 23.2 Å². The van der Waals surface area contributed by atoms with E-state index in [-0.39, 0.29) is 30.0 Å². The van der Waals surface area contributed by atoms with Crippen LogP contribution in [0.5, 0.6) is 0 Å². The van der Waals surface area contributed by atoms with E-state index in [9.17, 15) is 23.2 Å². The van der Waals surface area contributed by atoms with Gasteiger partial charge in [0.25, 0.3) is 0 Å². The van der Waals surface area contributed by atoms with Crippen LogP contribution in [-0.2, 0) is 14.4 Å². The lowest BCUT2D eigenvalue weighted by Crippen LogP contribution is -2.43. The Bertz CT molecular complexity index is 643. The Balaban J connectivity index is 1.76. The zero-order chi connectivity index (χ0) is 17.7. The lowest BCUT2D eigenvalue weighted by Gasteiger charge is -2.30. The van der Waals surface area contributed by atoms with Gasteiger partial charge in [-0.2, -0.15) is 0 Å². The molecule has 1 saturated heterocycles. The number of halogens is 2. The summed E-state index contributed by atoms with van der Waals surface area (Å²) in [5.41, 5.74) is 0.114. The number of anilines is 1. The number of benzene rings is 1. The first-order valence-corrected chi connectivity index (χ1v) is 7.65. The van der Waals surface area contributed by atoms with Gasteiger partial charge in [0.1, 0.15) is 0 Å². The second-order valence-electron chi connectivity index (χ2n) is 5.68. The maximum Gasteiger partial charge on any atom is 0.243 e. The molecule has 0 saturated carbocycles. The summed E-state index contributed by atoms with van der Waals surface area (Å²) in [5, 5.41) is 4.90. The number of piperidine rings is 1. The Hall–Kier alpha value is -2.51. The molecule has 0 aromatic heterocycles. The molecule has 1 aromatic carbocycles. The van der Waals surface area contributed by atoms with E-state index in [2.05, 4.69) is 10.6 Å². The van der Waals surface area contributed by atoms with Gasteiger partial charge in [0.2, 0.25) is 17.7 Å². The van der Waals surface area contributed by atoms with Crippen molar-refractivity contribution in [2.75, 3.05) is 25.0 Å². The molecule has 1 aliphatic heterocycles. The van der Waals surface area contributed by atoms with E-state index in [1.165, 1.54) is 13.0 Å². The molecule has 8 heteroatoms. The van der Waals surface area contributed by atoms with Crippen molar-refractivity contribution in [3.63, 3.8) is 0 Å². The van der Waals surface area contributed by atoms with Gasteiger partial charge in [-0.3, -0.25) is 14.4 Å². The molecule has 1 fully saturated rings. The number of likely N-dealkylation sites (tertiary alicyclic amines) is 1. The van der Waals surface area contributed by atoms with E-state index < -0.39 is 17.5 Å². The maximum atomic E-state index is 13.1. The molecule has 0 atom stereocenters. The van der Waals surface area contributed by atoms with Crippen LogP contribution < -0.4 is 10.6 Å². The first kappa shape index (κ1) is 17.8. The standard InChI is InChI=1S/C16H19F2N3O3/c1-10(22)21-6-4-11(5-7-21)16(24)19-9-15(23)20-12-2-3-13(17)14(18)8-12/h2-3,8,11H,4-7,9H2,1H3,(H,19,24)(H,20,23). The highest BCUT2D eigenvalue weighted by Crippen LogP contribution is 2.17. The summed E-state index contributed by atoms with van der Waals surface area (Å²) < 4.78 is 25.9. The molecule has 1 heterocycles. The highest BCUT2D eigenvalue weighted by Gasteiger charge is 2.26. The number of nitrogens with one attached hydrogen (secondary N) is 2. The van der Waals surface area contributed by atoms with Gasteiger partial charge in [0.15, 0.2) is 11.6 Å². The lowest BCUT2D eigenvalue weighted by molar-refractivity contribution is -0.134. The smallest absolute Gasteiger partial charge is 0.243 e. The summed E-state index contributed by atoms with van der Waals surface area (Å²) in [6, 6.07) is 3.01. The van der Waals surface area contributed by atoms with Gasteiger partial charge < -0.3 is 15.5 Å². The zero-order valence-corrected chi connectivity index (χ0v) is 13.3. The van der Waals surface area contributed by atoms with Crippen LogP contribution in [0.25, 0.3) is 0 Å². The second-order valence-corrected chi connectivity index (χ2v) is 5.68. The molecule has 6 nitrogen and oxygen atoms in total.